The first-order chi connectivity index (χ1) is 12.0. The molecule has 0 aliphatic carbocycles. The van der Waals surface area contributed by atoms with Crippen molar-refractivity contribution in [2.24, 2.45) is 0 Å². The van der Waals surface area contributed by atoms with E-state index in [1.807, 2.05) is 56.3 Å². The zero-order valence-electron chi connectivity index (χ0n) is 14.3. The Hall–Kier alpha value is -2.86. The number of nitrogen functional groups attached to an aromatic ring is 1. The minimum absolute atomic E-state index is 0.111. The van der Waals surface area contributed by atoms with E-state index in [4.69, 9.17) is 10.5 Å². The number of nitrogens with one attached hydrogen (secondary N) is 1. The van der Waals surface area contributed by atoms with Gasteiger partial charge in [0, 0.05) is 5.56 Å². The van der Waals surface area contributed by atoms with E-state index >= 15 is 0 Å². The van der Waals surface area contributed by atoms with Gasteiger partial charge in [-0.3, -0.25) is 4.79 Å². The largest absolute Gasteiger partial charge is 0.495 e. The molecule has 3 rings (SSSR count). The highest BCUT2D eigenvalue weighted by Crippen LogP contribution is 2.33. The van der Waals surface area contributed by atoms with Crippen LogP contribution in [0.2, 0.25) is 0 Å². The van der Waals surface area contributed by atoms with Crippen LogP contribution in [0, 0.1) is 13.8 Å². The summed E-state index contributed by atoms with van der Waals surface area (Å²) in [7, 11) is 1.60. The first-order valence-corrected chi connectivity index (χ1v) is 8.59. The molecule has 0 radical (unpaired) electrons. The number of carbonyl (C=O) groups excluding carboxylic acids is 1. The van der Waals surface area contributed by atoms with Crippen molar-refractivity contribution in [3.8, 4) is 5.75 Å². The van der Waals surface area contributed by atoms with Crippen LogP contribution in [-0.4, -0.2) is 17.9 Å². The molecule has 0 saturated heterocycles. The van der Waals surface area contributed by atoms with Gasteiger partial charge in [0.05, 0.1) is 12.8 Å². The molecule has 0 spiro atoms. The first-order valence-electron chi connectivity index (χ1n) is 7.78. The van der Waals surface area contributed by atoms with Gasteiger partial charge in [-0.05, 0) is 31.5 Å². The maximum absolute atomic E-state index is 12.8. The summed E-state index contributed by atoms with van der Waals surface area (Å²) in [5.41, 5.74) is 9.45. The van der Waals surface area contributed by atoms with Gasteiger partial charge in [-0.25, -0.2) is 4.98 Å². The third kappa shape index (κ3) is 3.49. The van der Waals surface area contributed by atoms with E-state index in [0.717, 1.165) is 16.8 Å². The summed E-state index contributed by atoms with van der Waals surface area (Å²) >= 11 is 1.24. The zero-order valence-corrected chi connectivity index (χ0v) is 15.1. The van der Waals surface area contributed by atoms with Crippen LogP contribution in [0.25, 0.3) is 0 Å². The van der Waals surface area contributed by atoms with E-state index in [-0.39, 0.29) is 11.6 Å². The van der Waals surface area contributed by atoms with Gasteiger partial charge in [-0.15, -0.1) is 0 Å². The third-order valence-corrected chi connectivity index (χ3v) is 4.82. The summed E-state index contributed by atoms with van der Waals surface area (Å²) in [5, 5.41) is 3.72. The number of para-hydroxylation sites is 2. The molecular weight excluding hydrogens is 334 g/mol. The molecule has 3 N–H and O–H groups in total. The SMILES string of the molecule is COc1ccccc1Nc1nc(N)c(C(=O)c2ccc(C)cc2C)s1. The summed E-state index contributed by atoms with van der Waals surface area (Å²) in [6.45, 7) is 3.92. The molecule has 25 heavy (non-hydrogen) atoms. The van der Waals surface area contributed by atoms with Crippen molar-refractivity contribution in [1.29, 1.82) is 0 Å². The van der Waals surface area contributed by atoms with Gasteiger partial charge in [-0.1, -0.05) is 47.2 Å². The van der Waals surface area contributed by atoms with E-state index in [1.165, 1.54) is 11.3 Å². The average molecular weight is 353 g/mol. The number of aromatic nitrogens is 1. The molecule has 128 valence electrons. The molecule has 1 heterocycles. The molecule has 3 aromatic rings. The van der Waals surface area contributed by atoms with Gasteiger partial charge in [0.25, 0.3) is 0 Å². The molecule has 5 nitrogen and oxygen atoms in total. The first kappa shape index (κ1) is 17.0. The normalized spacial score (nSPS) is 10.5. The van der Waals surface area contributed by atoms with Crippen LogP contribution in [0.1, 0.15) is 26.4 Å². The van der Waals surface area contributed by atoms with Crippen LogP contribution in [0.5, 0.6) is 5.75 Å². The molecule has 0 bridgehead atoms. The van der Waals surface area contributed by atoms with Crippen molar-refractivity contribution in [3.63, 3.8) is 0 Å². The molecule has 0 unspecified atom stereocenters. The zero-order chi connectivity index (χ0) is 18.0. The third-order valence-electron chi connectivity index (χ3n) is 3.83. The maximum Gasteiger partial charge on any atom is 0.207 e. The van der Waals surface area contributed by atoms with E-state index in [1.54, 1.807) is 7.11 Å². The molecule has 0 amide bonds. The highest BCUT2D eigenvalue weighted by atomic mass is 32.1. The van der Waals surface area contributed by atoms with Gasteiger partial charge in [0.15, 0.2) is 5.13 Å². The highest BCUT2D eigenvalue weighted by Gasteiger charge is 2.20. The smallest absolute Gasteiger partial charge is 0.207 e. The monoisotopic (exact) mass is 353 g/mol. The number of rotatable bonds is 5. The number of hydrogen-bond donors (Lipinski definition) is 2. The predicted molar refractivity (Wildman–Crippen MR) is 102 cm³/mol. The quantitative estimate of drug-likeness (QED) is 0.668. The van der Waals surface area contributed by atoms with Crippen molar-refractivity contribution in [2.45, 2.75) is 13.8 Å². The van der Waals surface area contributed by atoms with Gasteiger partial charge in [0.2, 0.25) is 5.78 Å². The number of ketones is 1. The lowest BCUT2D eigenvalue weighted by atomic mass is 10.0. The number of thiazole rings is 1. The van der Waals surface area contributed by atoms with Crippen LogP contribution in [-0.2, 0) is 0 Å². The number of anilines is 3. The summed E-state index contributed by atoms with van der Waals surface area (Å²) in [6, 6.07) is 13.2. The van der Waals surface area contributed by atoms with Crippen molar-refractivity contribution >= 4 is 33.8 Å². The molecular formula is C19H19N3O2S. The van der Waals surface area contributed by atoms with Crippen LogP contribution < -0.4 is 15.8 Å². The second-order valence-corrected chi connectivity index (χ2v) is 6.71. The number of hydrogen-bond acceptors (Lipinski definition) is 6. The number of nitrogens with zero attached hydrogens (tertiary/aromatic N) is 1. The lowest BCUT2D eigenvalue weighted by molar-refractivity contribution is 0.104. The number of methoxy groups -OCH3 is 1. The van der Waals surface area contributed by atoms with Crippen LogP contribution in [0.4, 0.5) is 16.6 Å². The van der Waals surface area contributed by atoms with Crippen molar-refractivity contribution in [2.75, 3.05) is 18.2 Å². The summed E-state index contributed by atoms with van der Waals surface area (Å²) in [4.78, 5) is 17.5. The van der Waals surface area contributed by atoms with E-state index < -0.39 is 0 Å². The molecule has 0 aliphatic rings. The molecule has 6 heteroatoms. The molecule has 0 aliphatic heterocycles. The Balaban J connectivity index is 1.91. The van der Waals surface area contributed by atoms with Crippen LogP contribution in [0.15, 0.2) is 42.5 Å². The van der Waals surface area contributed by atoms with Crippen molar-refractivity contribution in [1.82, 2.24) is 4.98 Å². The van der Waals surface area contributed by atoms with Crippen molar-refractivity contribution < 1.29 is 9.53 Å². The van der Waals surface area contributed by atoms with Gasteiger partial charge >= 0.3 is 0 Å². The highest BCUT2D eigenvalue weighted by molar-refractivity contribution is 7.18. The molecule has 0 atom stereocenters. The lowest BCUT2D eigenvalue weighted by Crippen LogP contribution is -2.04. The second kappa shape index (κ2) is 6.94. The number of benzene rings is 2. The summed E-state index contributed by atoms with van der Waals surface area (Å²) in [5.74, 6) is 0.812. The number of nitrogens with two attached hydrogens (primary N) is 1. The Morgan fingerprint density at radius 2 is 1.96 bits per heavy atom. The molecule has 1 aromatic heterocycles. The van der Waals surface area contributed by atoms with Crippen LogP contribution >= 0.6 is 11.3 Å². The number of aryl methyl sites for hydroxylation is 2. The van der Waals surface area contributed by atoms with E-state index in [9.17, 15) is 4.79 Å². The molecule has 2 aromatic carbocycles. The Bertz CT molecular complexity index is 934. The number of carbonyl (C=O) groups is 1. The summed E-state index contributed by atoms with van der Waals surface area (Å²) < 4.78 is 5.31. The van der Waals surface area contributed by atoms with Crippen LogP contribution in [0.3, 0.4) is 0 Å². The molecule has 0 fully saturated rings. The van der Waals surface area contributed by atoms with E-state index in [0.29, 0.717) is 21.3 Å². The fraction of sp³-hybridized carbons (Fsp3) is 0.158. The standard InChI is InChI=1S/C19H19N3O2S/c1-11-8-9-13(12(2)10-11)16(23)17-18(20)22-19(25-17)21-14-6-4-5-7-15(14)24-3/h4-10H,20H2,1-3H3,(H,21,22). The average Bonchev–Trinajstić information content (AvgIpc) is 2.95. The fourth-order valence-electron chi connectivity index (χ4n) is 2.60. The Labute approximate surface area is 150 Å². The Morgan fingerprint density at radius 3 is 2.68 bits per heavy atom. The predicted octanol–water partition coefficient (Wildman–Crippen LogP) is 4.33. The topological polar surface area (TPSA) is 77.2 Å². The minimum Gasteiger partial charge on any atom is -0.495 e. The van der Waals surface area contributed by atoms with Crippen molar-refractivity contribution in [3.05, 3.63) is 64.0 Å². The number of ether oxygens (including phenoxy) is 1. The van der Waals surface area contributed by atoms with Gasteiger partial charge in [-0.2, -0.15) is 0 Å². The van der Waals surface area contributed by atoms with Gasteiger partial charge in [0.1, 0.15) is 16.4 Å². The summed E-state index contributed by atoms with van der Waals surface area (Å²) in [6.07, 6.45) is 0. The van der Waals surface area contributed by atoms with Gasteiger partial charge < -0.3 is 15.8 Å². The second-order valence-electron chi connectivity index (χ2n) is 5.71. The Morgan fingerprint density at radius 1 is 1.20 bits per heavy atom. The maximum atomic E-state index is 12.8. The Kier molecular flexibility index (Phi) is 4.72. The minimum atomic E-state index is -0.111. The lowest BCUT2D eigenvalue weighted by Gasteiger charge is -2.07. The fourth-order valence-corrected chi connectivity index (χ4v) is 3.45. The van der Waals surface area contributed by atoms with E-state index in [2.05, 4.69) is 10.3 Å². The molecule has 0 saturated carbocycles.